The van der Waals surface area contributed by atoms with Gasteiger partial charge in [0.25, 0.3) is 0 Å². The van der Waals surface area contributed by atoms with E-state index in [0.717, 1.165) is 38.2 Å². The first-order chi connectivity index (χ1) is 9.13. The molecule has 0 bridgehead atoms. The van der Waals surface area contributed by atoms with E-state index in [2.05, 4.69) is 0 Å². The Morgan fingerprint density at radius 1 is 1.37 bits per heavy atom. The molecule has 1 atom stereocenters. The van der Waals surface area contributed by atoms with Gasteiger partial charge in [-0.1, -0.05) is 19.3 Å². The van der Waals surface area contributed by atoms with Gasteiger partial charge >= 0.3 is 0 Å². The summed E-state index contributed by atoms with van der Waals surface area (Å²) in [5, 5.41) is 10.1. The van der Waals surface area contributed by atoms with Crippen LogP contribution in [0.3, 0.4) is 0 Å². The fourth-order valence-corrected chi connectivity index (χ4v) is 2.65. The number of hydrogen-bond donors (Lipinski definition) is 1. The number of ether oxygens (including phenoxy) is 1. The molecule has 1 saturated carbocycles. The topological polar surface area (TPSA) is 46.5 Å². The van der Waals surface area contributed by atoms with Crippen LogP contribution in [-0.2, 0) is 0 Å². The smallest absolute Gasteiger partial charge is 0.191 e. The van der Waals surface area contributed by atoms with Gasteiger partial charge < -0.3 is 9.84 Å². The van der Waals surface area contributed by atoms with Crippen molar-refractivity contribution >= 4 is 5.78 Å². The molecule has 19 heavy (non-hydrogen) atoms. The lowest BCUT2D eigenvalue weighted by atomic mass is 9.82. The monoisotopic (exact) mass is 266 g/mol. The van der Waals surface area contributed by atoms with Crippen LogP contribution in [0.25, 0.3) is 0 Å². The average Bonchev–Trinajstić information content (AvgIpc) is 2.46. The van der Waals surface area contributed by atoms with Crippen molar-refractivity contribution in [2.75, 3.05) is 7.11 Å². The number of benzene rings is 1. The van der Waals surface area contributed by atoms with Gasteiger partial charge in [0, 0.05) is 5.56 Å². The summed E-state index contributed by atoms with van der Waals surface area (Å²) in [6.45, 7) is 0. The van der Waals surface area contributed by atoms with Crippen molar-refractivity contribution in [2.24, 2.45) is 5.92 Å². The van der Waals surface area contributed by atoms with E-state index < -0.39 is 17.7 Å². The highest BCUT2D eigenvalue weighted by atomic mass is 19.1. The minimum Gasteiger partial charge on any atom is -0.494 e. The molecular formula is C15H19FO3. The summed E-state index contributed by atoms with van der Waals surface area (Å²) in [5.41, 5.74) is 0.205. The lowest BCUT2D eigenvalue weighted by Gasteiger charge is -2.25. The van der Waals surface area contributed by atoms with Gasteiger partial charge in [-0.3, -0.25) is 4.79 Å². The Kier molecular flexibility index (Phi) is 4.53. The number of aliphatic hydroxyl groups excluding tert-OH is 1. The van der Waals surface area contributed by atoms with Gasteiger partial charge in [0.15, 0.2) is 17.3 Å². The molecule has 3 nitrogen and oxygen atoms in total. The molecule has 0 amide bonds. The molecule has 1 aromatic rings. The number of Topliss-reactive ketones (excluding diaryl/α,β-unsaturated/α-hetero) is 1. The molecule has 4 heteroatoms. The normalized spacial score (nSPS) is 18.1. The van der Waals surface area contributed by atoms with Crippen LogP contribution in [-0.4, -0.2) is 24.1 Å². The fourth-order valence-electron chi connectivity index (χ4n) is 2.65. The van der Waals surface area contributed by atoms with E-state index in [1.165, 1.54) is 19.2 Å². The number of carbonyl (C=O) groups excluding carboxylic acids is 1. The van der Waals surface area contributed by atoms with E-state index >= 15 is 0 Å². The van der Waals surface area contributed by atoms with Crippen molar-refractivity contribution in [3.63, 3.8) is 0 Å². The number of carbonyl (C=O) groups is 1. The summed E-state index contributed by atoms with van der Waals surface area (Å²) < 4.78 is 18.4. The van der Waals surface area contributed by atoms with Crippen molar-refractivity contribution in [3.8, 4) is 5.75 Å². The Labute approximate surface area is 112 Å². The molecule has 0 saturated heterocycles. The van der Waals surface area contributed by atoms with Crippen LogP contribution in [0.1, 0.15) is 42.5 Å². The number of rotatable bonds is 4. The summed E-state index contributed by atoms with van der Waals surface area (Å²) in [6.07, 6.45) is 3.97. The fraction of sp³-hybridized carbons (Fsp3) is 0.533. The average molecular weight is 266 g/mol. The summed E-state index contributed by atoms with van der Waals surface area (Å²) in [6, 6.07) is 4.04. The second kappa shape index (κ2) is 6.15. The van der Waals surface area contributed by atoms with E-state index in [1.807, 2.05) is 0 Å². The number of ketones is 1. The van der Waals surface area contributed by atoms with Gasteiger partial charge in [0.05, 0.1) is 7.11 Å². The zero-order valence-electron chi connectivity index (χ0n) is 11.1. The molecule has 1 N–H and O–H groups in total. The molecule has 2 rings (SSSR count). The maximum atomic E-state index is 13.6. The molecular weight excluding hydrogens is 247 g/mol. The van der Waals surface area contributed by atoms with Crippen LogP contribution in [0.5, 0.6) is 5.75 Å². The molecule has 0 spiro atoms. The van der Waals surface area contributed by atoms with E-state index in [-0.39, 0.29) is 17.2 Å². The van der Waals surface area contributed by atoms with Gasteiger partial charge in [-0.25, -0.2) is 4.39 Å². The van der Waals surface area contributed by atoms with Crippen LogP contribution in [0.15, 0.2) is 18.2 Å². The van der Waals surface area contributed by atoms with E-state index in [4.69, 9.17) is 4.74 Å². The number of halogens is 1. The van der Waals surface area contributed by atoms with Crippen LogP contribution >= 0.6 is 0 Å². The molecule has 1 fully saturated rings. The van der Waals surface area contributed by atoms with Gasteiger partial charge in [-0.2, -0.15) is 0 Å². The zero-order valence-corrected chi connectivity index (χ0v) is 11.1. The summed E-state index contributed by atoms with van der Waals surface area (Å²) in [5.74, 6) is -0.868. The molecule has 1 aliphatic rings. The highest BCUT2D eigenvalue weighted by Gasteiger charge is 2.28. The third kappa shape index (κ3) is 3.13. The van der Waals surface area contributed by atoms with E-state index in [9.17, 15) is 14.3 Å². The number of methoxy groups -OCH3 is 1. The second-order valence-electron chi connectivity index (χ2n) is 5.06. The van der Waals surface area contributed by atoms with Crippen molar-refractivity contribution < 1.29 is 19.0 Å². The van der Waals surface area contributed by atoms with Crippen molar-refractivity contribution in [2.45, 2.75) is 38.2 Å². The standard InChI is InChI=1S/C15H19FO3/c1-19-13-8-7-11(9-12(13)16)15(18)14(17)10-5-3-2-4-6-10/h7-10,14,17H,2-6H2,1H3. The Hall–Kier alpha value is -1.42. The summed E-state index contributed by atoms with van der Waals surface area (Å²) in [4.78, 5) is 12.1. The highest BCUT2D eigenvalue weighted by molar-refractivity contribution is 5.99. The lowest BCUT2D eigenvalue weighted by molar-refractivity contribution is 0.0534. The van der Waals surface area contributed by atoms with E-state index in [0.29, 0.717) is 0 Å². The predicted octanol–water partition coefficient (Wildman–Crippen LogP) is 2.96. The van der Waals surface area contributed by atoms with Crippen molar-refractivity contribution in [1.82, 2.24) is 0 Å². The quantitative estimate of drug-likeness (QED) is 0.852. The van der Waals surface area contributed by atoms with Crippen molar-refractivity contribution in [3.05, 3.63) is 29.6 Å². The molecule has 0 aliphatic heterocycles. The van der Waals surface area contributed by atoms with Crippen LogP contribution in [0.2, 0.25) is 0 Å². The highest BCUT2D eigenvalue weighted by Crippen LogP contribution is 2.28. The third-order valence-corrected chi connectivity index (χ3v) is 3.80. The maximum Gasteiger partial charge on any atom is 0.191 e. The Morgan fingerprint density at radius 2 is 2.05 bits per heavy atom. The van der Waals surface area contributed by atoms with Crippen molar-refractivity contribution in [1.29, 1.82) is 0 Å². The first-order valence-electron chi connectivity index (χ1n) is 6.69. The molecule has 1 unspecified atom stereocenters. The van der Waals surface area contributed by atoms with Gasteiger partial charge in [0.2, 0.25) is 0 Å². The Bertz CT molecular complexity index is 453. The second-order valence-corrected chi connectivity index (χ2v) is 5.06. The van der Waals surface area contributed by atoms with Gasteiger partial charge in [0.1, 0.15) is 6.10 Å². The van der Waals surface area contributed by atoms with Crippen LogP contribution < -0.4 is 4.74 Å². The van der Waals surface area contributed by atoms with E-state index in [1.54, 1.807) is 0 Å². The zero-order chi connectivity index (χ0) is 13.8. The predicted molar refractivity (Wildman–Crippen MR) is 69.9 cm³/mol. The molecule has 0 heterocycles. The Morgan fingerprint density at radius 3 is 2.63 bits per heavy atom. The Balaban J connectivity index is 2.12. The first kappa shape index (κ1) is 14.0. The summed E-state index contributed by atoms with van der Waals surface area (Å²) in [7, 11) is 1.37. The summed E-state index contributed by atoms with van der Waals surface area (Å²) >= 11 is 0. The SMILES string of the molecule is COc1ccc(C(=O)C(O)C2CCCCC2)cc1F. The first-order valence-corrected chi connectivity index (χ1v) is 6.69. The molecule has 104 valence electrons. The minimum absolute atomic E-state index is 0.00594. The van der Waals surface area contributed by atoms with Crippen LogP contribution in [0.4, 0.5) is 4.39 Å². The molecule has 1 aromatic carbocycles. The van der Waals surface area contributed by atoms with Gasteiger partial charge in [-0.05, 0) is 37.0 Å². The molecule has 1 aliphatic carbocycles. The minimum atomic E-state index is -1.02. The largest absolute Gasteiger partial charge is 0.494 e. The van der Waals surface area contributed by atoms with Gasteiger partial charge in [-0.15, -0.1) is 0 Å². The number of aliphatic hydroxyl groups is 1. The van der Waals surface area contributed by atoms with Crippen LogP contribution in [0, 0.1) is 11.7 Å². The lowest BCUT2D eigenvalue weighted by Crippen LogP contribution is -2.31. The number of hydrogen-bond acceptors (Lipinski definition) is 3. The molecule has 0 aromatic heterocycles. The third-order valence-electron chi connectivity index (χ3n) is 3.80. The molecule has 0 radical (unpaired) electrons. The maximum absolute atomic E-state index is 13.6.